The Kier molecular flexibility index (Phi) is 8.04. The number of para-hydroxylation sites is 1. The fourth-order valence-electron chi connectivity index (χ4n) is 4.68. The molecule has 1 heterocycles. The van der Waals surface area contributed by atoms with Gasteiger partial charge in [0.05, 0.1) is 19.9 Å². The fraction of sp³-hybridized carbons (Fsp3) is 0.321. The summed E-state index contributed by atoms with van der Waals surface area (Å²) >= 11 is 0. The Balaban J connectivity index is 1.93. The Bertz CT molecular complexity index is 1340. The van der Waals surface area contributed by atoms with E-state index in [0.29, 0.717) is 24.4 Å². The second-order valence-electron chi connectivity index (χ2n) is 8.97. The van der Waals surface area contributed by atoms with Gasteiger partial charge in [-0.25, -0.2) is 13.2 Å². The van der Waals surface area contributed by atoms with Crippen molar-refractivity contribution in [3.8, 4) is 11.5 Å². The van der Waals surface area contributed by atoms with Gasteiger partial charge in [0.1, 0.15) is 22.0 Å². The number of fused-ring (bicyclic) bond motifs is 1. The van der Waals surface area contributed by atoms with E-state index >= 15 is 0 Å². The first-order valence-electron chi connectivity index (χ1n) is 12.2. The largest absolute Gasteiger partial charge is 0.497 e. The van der Waals surface area contributed by atoms with Crippen molar-refractivity contribution in [2.45, 2.75) is 43.7 Å². The van der Waals surface area contributed by atoms with E-state index in [-0.39, 0.29) is 28.8 Å². The van der Waals surface area contributed by atoms with E-state index < -0.39 is 16.0 Å². The molecule has 1 N–H and O–H groups in total. The Morgan fingerprint density at radius 1 is 1.03 bits per heavy atom. The van der Waals surface area contributed by atoms with Gasteiger partial charge in [0.15, 0.2) is 0 Å². The van der Waals surface area contributed by atoms with Crippen molar-refractivity contribution in [3.63, 3.8) is 0 Å². The molecule has 0 spiro atoms. The van der Waals surface area contributed by atoms with Gasteiger partial charge in [-0.2, -0.15) is 4.31 Å². The summed E-state index contributed by atoms with van der Waals surface area (Å²) in [6.07, 6.45) is 2.43. The number of sulfonamides is 1. The third-order valence-corrected chi connectivity index (χ3v) is 8.57. The van der Waals surface area contributed by atoms with Gasteiger partial charge in [-0.05, 0) is 42.3 Å². The lowest BCUT2D eigenvalue weighted by molar-refractivity contribution is 0.0693. The third-order valence-electron chi connectivity index (χ3n) is 6.65. The van der Waals surface area contributed by atoms with Crippen LogP contribution in [0.15, 0.2) is 71.6 Å². The summed E-state index contributed by atoms with van der Waals surface area (Å²) in [5.74, 6) is -0.463. The van der Waals surface area contributed by atoms with Crippen LogP contribution in [0.1, 0.15) is 42.1 Å². The number of carboxylic acid groups (broad SMARTS) is 1. The number of hydrogen-bond acceptors (Lipinski definition) is 6. The van der Waals surface area contributed by atoms with Crippen molar-refractivity contribution >= 4 is 27.4 Å². The lowest BCUT2D eigenvalue weighted by Gasteiger charge is -2.31. The maximum absolute atomic E-state index is 14.3. The summed E-state index contributed by atoms with van der Waals surface area (Å²) in [6.45, 7) is 2.63. The van der Waals surface area contributed by atoms with Crippen LogP contribution in [-0.4, -0.2) is 50.6 Å². The highest BCUT2D eigenvalue weighted by Gasteiger charge is 2.40. The van der Waals surface area contributed by atoms with Crippen LogP contribution in [-0.2, 0) is 16.6 Å². The molecule has 8 nitrogen and oxygen atoms in total. The summed E-state index contributed by atoms with van der Waals surface area (Å²) in [6, 6.07) is 19.2. The minimum Gasteiger partial charge on any atom is -0.497 e. The molecular formula is C28H32N2O6S. The second-order valence-corrected chi connectivity index (χ2v) is 10.8. The number of carbonyl (C=O) groups is 1. The van der Waals surface area contributed by atoms with Gasteiger partial charge < -0.3 is 19.5 Å². The number of unbranched alkanes of at least 4 members (excludes halogenated alkanes) is 1. The second kappa shape index (κ2) is 11.2. The molecule has 0 saturated carbocycles. The van der Waals surface area contributed by atoms with Crippen molar-refractivity contribution in [3.05, 3.63) is 77.9 Å². The van der Waals surface area contributed by atoms with E-state index in [0.717, 1.165) is 24.1 Å². The standard InChI is InChI=1S/C28H32N2O6S/c1-4-5-9-22-19-29(21-10-7-6-8-11-21)25-17-26(36-3)24(28(31)32)16-27(25)37(33,34)30(22)18-20-12-14-23(35-2)15-13-20/h6-8,10-17,22H,4-5,9,18-19H2,1-3H3,(H,31,32)/t22-/m1/s1. The van der Waals surface area contributed by atoms with Gasteiger partial charge >= 0.3 is 5.97 Å². The summed E-state index contributed by atoms with van der Waals surface area (Å²) in [7, 11) is -1.13. The van der Waals surface area contributed by atoms with Crippen LogP contribution in [0.3, 0.4) is 0 Å². The zero-order valence-electron chi connectivity index (χ0n) is 21.3. The minimum absolute atomic E-state index is 0.0536. The van der Waals surface area contributed by atoms with Crippen LogP contribution in [0.5, 0.6) is 11.5 Å². The normalized spacial score (nSPS) is 17.1. The van der Waals surface area contributed by atoms with E-state index in [2.05, 4.69) is 6.92 Å². The summed E-state index contributed by atoms with van der Waals surface area (Å²) in [5, 5.41) is 9.83. The van der Waals surface area contributed by atoms with Crippen molar-refractivity contribution < 1.29 is 27.8 Å². The van der Waals surface area contributed by atoms with Gasteiger partial charge in [-0.3, -0.25) is 0 Å². The van der Waals surface area contributed by atoms with E-state index in [1.807, 2.05) is 47.4 Å². The molecule has 0 saturated heterocycles. The van der Waals surface area contributed by atoms with Crippen LogP contribution >= 0.6 is 0 Å². The number of aromatic carboxylic acids is 1. The number of ether oxygens (including phenoxy) is 2. The molecule has 4 rings (SSSR count). The minimum atomic E-state index is -4.09. The molecule has 0 amide bonds. The topological polar surface area (TPSA) is 96.4 Å². The smallest absolute Gasteiger partial charge is 0.339 e. The van der Waals surface area contributed by atoms with Gasteiger partial charge in [0, 0.05) is 30.9 Å². The highest BCUT2D eigenvalue weighted by molar-refractivity contribution is 7.89. The van der Waals surface area contributed by atoms with E-state index in [1.54, 1.807) is 19.2 Å². The fourth-order valence-corrected chi connectivity index (χ4v) is 6.51. The van der Waals surface area contributed by atoms with E-state index in [9.17, 15) is 18.3 Å². The first-order valence-corrected chi connectivity index (χ1v) is 13.7. The molecule has 9 heteroatoms. The highest BCUT2D eigenvalue weighted by atomic mass is 32.2. The Labute approximate surface area is 218 Å². The molecule has 37 heavy (non-hydrogen) atoms. The molecular weight excluding hydrogens is 492 g/mol. The molecule has 0 fully saturated rings. The van der Waals surface area contributed by atoms with E-state index in [1.165, 1.54) is 23.5 Å². The van der Waals surface area contributed by atoms with Crippen LogP contribution in [0.4, 0.5) is 11.4 Å². The SMILES string of the molecule is CCCC[C@@H]1CN(c2ccccc2)c2cc(OC)c(C(=O)O)cc2S(=O)(=O)N1Cc1ccc(OC)cc1. The molecule has 0 aliphatic carbocycles. The average Bonchev–Trinajstić information content (AvgIpc) is 3.00. The number of methoxy groups -OCH3 is 2. The maximum atomic E-state index is 14.3. The van der Waals surface area contributed by atoms with Crippen LogP contribution in [0, 0.1) is 0 Å². The third kappa shape index (κ3) is 5.42. The van der Waals surface area contributed by atoms with Gasteiger partial charge in [-0.1, -0.05) is 50.1 Å². The predicted molar refractivity (Wildman–Crippen MR) is 142 cm³/mol. The summed E-state index contributed by atoms with van der Waals surface area (Å²) < 4.78 is 40.8. The molecule has 0 unspecified atom stereocenters. The molecule has 1 aliphatic rings. The molecule has 0 radical (unpaired) electrons. The molecule has 3 aromatic rings. The monoisotopic (exact) mass is 524 g/mol. The van der Waals surface area contributed by atoms with E-state index in [4.69, 9.17) is 9.47 Å². The summed E-state index contributed by atoms with van der Waals surface area (Å²) in [5.41, 5.74) is 1.82. The van der Waals surface area contributed by atoms with Crippen LogP contribution in [0.25, 0.3) is 0 Å². The van der Waals surface area contributed by atoms with Gasteiger partial charge in [-0.15, -0.1) is 0 Å². The lowest BCUT2D eigenvalue weighted by Crippen LogP contribution is -2.43. The van der Waals surface area contributed by atoms with Crippen LogP contribution in [0.2, 0.25) is 0 Å². The Morgan fingerprint density at radius 3 is 2.32 bits per heavy atom. The molecule has 196 valence electrons. The first-order chi connectivity index (χ1) is 17.8. The van der Waals surface area contributed by atoms with Crippen molar-refractivity contribution in [1.29, 1.82) is 0 Å². The molecule has 0 aromatic heterocycles. The first kappa shape index (κ1) is 26.5. The quantitative estimate of drug-likeness (QED) is 0.406. The lowest BCUT2D eigenvalue weighted by atomic mass is 10.1. The van der Waals surface area contributed by atoms with Crippen LogP contribution < -0.4 is 14.4 Å². The zero-order valence-corrected chi connectivity index (χ0v) is 22.1. The average molecular weight is 525 g/mol. The number of rotatable bonds is 9. The molecule has 3 aromatic carbocycles. The zero-order chi connectivity index (χ0) is 26.6. The Hall–Kier alpha value is -3.56. The van der Waals surface area contributed by atoms with Crippen molar-refractivity contribution in [2.75, 3.05) is 25.7 Å². The number of anilines is 2. The maximum Gasteiger partial charge on any atom is 0.339 e. The van der Waals surface area contributed by atoms with Crippen molar-refractivity contribution in [2.24, 2.45) is 0 Å². The van der Waals surface area contributed by atoms with Crippen molar-refractivity contribution in [1.82, 2.24) is 4.31 Å². The number of hydrogen-bond donors (Lipinski definition) is 1. The molecule has 0 bridgehead atoms. The number of carboxylic acids is 1. The summed E-state index contributed by atoms with van der Waals surface area (Å²) in [4.78, 5) is 13.9. The number of benzene rings is 3. The number of nitrogens with zero attached hydrogens (tertiary/aromatic N) is 2. The van der Waals surface area contributed by atoms with Gasteiger partial charge in [0.2, 0.25) is 10.0 Å². The predicted octanol–water partition coefficient (Wildman–Crippen LogP) is 5.30. The Morgan fingerprint density at radius 2 is 1.73 bits per heavy atom. The molecule has 1 atom stereocenters. The van der Waals surface area contributed by atoms with Gasteiger partial charge in [0.25, 0.3) is 0 Å². The highest BCUT2D eigenvalue weighted by Crippen LogP contribution is 2.42. The molecule has 1 aliphatic heterocycles.